The van der Waals surface area contributed by atoms with Gasteiger partial charge in [0.05, 0.1) is 5.69 Å². The minimum Gasteiger partial charge on any atom is -0.311 e. The number of para-hydroxylation sites is 4. The molecule has 230 valence electrons. The van der Waals surface area contributed by atoms with Gasteiger partial charge >= 0.3 is 0 Å². The van der Waals surface area contributed by atoms with Gasteiger partial charge in [-0.2, -0.15) is 0 Å². The normalized spacial score (nSPS) is 16.2. The van der Waals surface area contributed by atoms with Crippen molar-refractivity contribution in [1.82, 2.24) is 0 Å². The number of benzene rings is 7. The zero-order valence-electron chi connectivity index (χ0n) is 27.6. The Balaban J connectivity index is 1.34. The van der Waals surface area contributed by atoms with Crippen LogP contribution in [0.15, 0.2) is 164 Å². The summed E-state index contributed by atoms with van der Waals surface area (Å²) < 4.78 is 0. The van der Waals surface area contributed by atoms with Gasteiger partial charge in [-0.1, -0.05) is 153 Å². The molecule has 2 nitrogen and oxygen atoms in total. The summed E-state index contributed by atoms with van der Waals surface area (Å²) in [4.78, 5) is 5.22. The van der Waals surface area contributed by atoms with Crippen LogP contribution in [0.1, 0.15) is 25.0 Å². The third kappa shape index (κ3) is 3.23. The molecule has 0 amide bonds. The number of fused-ring (bicyclic) bond motifs is 3. The third-order valence-corrected chi connectivity index (χ3v) is 16.7. The SMILES string of the molecule is CC1(C)c2cccc3c2N2c4c(cccc4[Si]3(c3ccccc3)c3ccccc3)B3c4ccccc4N(c4ccccc4)c4ccc1c2c43. The fourth-order valence-electron chi connectivity index (χ4n) is 9.95. The van der Waals surface area contributed by atoms with Crippen LogP contribution in [0.5, 0.6) is 0 Å². The van der Waals surface area contributed by atoms with Crippen molar-refractivity contribution in [3.05, 3.63) is 175 Å². The molecule has 0 bridgehead atoms. The topological polar surface area (TPSA) is 6.48 Å². The van der Waals surface area contributed by atoms with E-state index in [1.165, 1.54) is 82.4 Å². The average Bonchev–Trinajstić information content (AvgIpc) is 3.16. The number of hydrogen-bond acceptors (Lipinski definition) is 2. The molecule has 0 radical (unpaired) electrons. The number of hydrogen-bond donors (Lipinski definition) is 0. The molecular weight excluding hydrogens is 607 g/mol. The molecule has 4 aliphatic rings. The molecule has 7 aromatic rings. The molecule has 0 atom stereocenters. The van der Waals surface area contributed by atoms with Crippen LogP contribution in [-0.2, 0) is 5.41 Å². The first-order chi connectivity index (χ1) is 24.1. The number of rotatable bonds is 3. The van der Waals surface area contributed by atoms with Crippen LogP contribution < -0.4 is 46.9 Å². The summed E-state index contributed by atoms with van der Waals surface area (Å²) >= 11 is 0. The first-order valence-electron chi connectivity index (χ1n) is 17.4. The van der Waals surface area contributed by atoms with Crippen LogP contribution in [0.25, 0.3) is 0 Å². The Labute approximate surface area is 289 Å². The maximum Gasteiger partial charge on any atom is 0.252 e. The summed E-state index contributed by atoms with van der Waals surface area (Å²) in [6.45, 7) is 5.01. The van der Waals surface area contributed by atoms with E-state index in [9.17, 15) is 0 Å². The van der Waals surface area contributed by atoms with Crippen molar-refractivity contribution in [2.24, 2.45) is 0 Å². The lowest BCUT2D eigenvalue weighted by molar-refractivity contribution is 0.633. The maximum atomic E-state index is 2.72. The highest BCUT2D eigenvalue weighted by molar-refractivity contribution is 7.22. The van der Waals surface area contributed by atoms with E-state index in [2.05, 4.69) is 187 Å². The van der Waals surface area contributed by atoms with Crippen LogP contribution in [0.3, 0.4) is 0 Å². The summed E-state index contributed by atoms with van der Waals surface area (Å²) in [7, 11) is -2.77. The second-order valence-corrected chi connectivity index (χ2v) is 18.2. The van der Waals surface area contributed by atoms with Crippen LogP contribution in [0, 0.1) is 0 Å². The van der Waals surface area contributed by atoms with Crippen LogP contribution in [-0.4, -0.2) is 14.8 Å². The summed E-state index contributed by atoms with van der Waals surface area (Å²) in [6.07, 6.45) is 0. The Hall–Kier alpha value is -5.58. The summed E-state index contributed by atoms with van der Waals surface area (Å²) in [6, 6.07) is 62.2. The Morgan fingerprint density at radius 2 is 1.02 bits per heavy atom. The molecule has 4 heteroatoms. The highest BCUT2D eigenvalue weighted by Crippen LogP contribution is 2.55. The first kappa shape index (κ1) is 27.4. The lowest BCUT2D eigenvalue weighted by atomic mass is 9.33. The zero-order valence-corrected chi connectivity index (χ0v) is 28.6. The second-order valence-electron chi connectivity index (χ2n) is 14.4. The van der Waals surface area contributed by atoms with Gasteiger partial charge in [0.15, 0.2) is 8.07 Å². The van der Waals surface area contributed by atoms with Crippen molar-refractivity contribution < 1.29 is 0 Å². The molecule has 0 unspecified atom stereocenters. The molecule has 0 N–H and O–H groups in total. The van der Waals surface area contributed by atoms with Crippen molar-refractivity contribution in [3.8, 4) is 0 Å². The fourth-order valence-corrected chi connectivity index (χ4v) is 15.1. The van der Waals surface area contributed by atoms with E-state index in [1.807, 2.05) is 0 Å². The Kier molecular flexibility index (Phi) is 5.32. The van der Waals surface area contributed by atoms with E-state index < -0.39 is 8.07 Å². The van der Waals surface area contributed by atoms with Crippen molar-refractivity contribution in [2.45, 2.75) is 19.3 Å². The molecule has 0 aliphatic carbocycles. The van der Waals surface area contributed by atoms with Gasteiger partial charge in [0.2, 0.25) is 0 Å². The van der Waals surface area contributed by atoms with Gasteiger partial charge in [-0.15, -0.1) is 0 Å². The van der Waals surface area contributed by atoms with Gasteiger partial charge in [0.1, 0.15) is 0 Å². The number of anilines is 6. The molecule has 49 heavy (non-hydrogen) atoms. The molecule has 4 heterocycles. The maximum absolute atomic E-state index is 2.77. The van der Waals surface area contributed by atoms with Crippen LogP contribution in [0.2, 0.25) is 0 Å². The first-order valence-corrected chi connectivity index (χ1v) is 19.4. The Morgan fingerprint density at radius 3 is 1.73 bits per heavy atom. The highest BCUT2D eigenvalue weighted by Gasteiger charge is 2.57. The molecule has 0 saturated heterocycles. The third-order valence-electron chi connectivity index (χ3n) is 11.9. The van der Waals surface area contributed by atoms with E-state index in [1.54, 1.807) is 0 Å². The molecule has 0 saturated carbocycles. The van der Waals surface area contributed by atoms with Gasteiger partial charge < -0.3 is 9.80 Å². The molecule has 11 rings (SSSR count). The Bertz CT molecular complexity index is 2450. The van der Waals surface area contributed by atoms with Gasteiger partial charge in [-0.3, -0.25) is 0 Å². The van der Waals surface area contributed by atoms with E-state index >= 15 is 0 Å². The standard InChI is InChI=1S/C45H33BN2Si/c1-45(2)33-22-14-26-39-42(33)48-43-34(45)28-29-38-41(43)46(35-23-12-13-25-37(35)47(38)30-16-6-3-7-17-30)36-24-15-27-40(44(36)48)49(39,31-18-8-4-9-19-31)32-20-10-5-11-21-32/h3-29H,1-2H3. The fraction of sp³-hybridized carbons (Fsp3) is 0.0667. The summed E-state index contributed by atoms with van der Waals surface area (Å²) in [5.41, 5.74) is 14.7. The van der Waals surface area contributed by atoms with Gasteiger partial charge in [0.25, 0.3) is 6.71 Å². The minimum atomic E-state index is -2.77. The Morgan fingerprint density at radius 1 is 0.449 bits per heavy atom. The van der Waals surface area contributed by atoms with Crippen molar-refractivity contribution in [3.63, 3.8) is 0 Å². The van der Waals surface area contributed by atoms with Crippen molar-refractivity contribution in [1.29, 1.82) is 0 Å². The van der Waals surface area contributed by atoms with E-state index in [-0.39, 0.29) is 12.1 Å². The number of nitrogens with zero attached hydrogens (tertiary/aromatic N) is 2. The molecule has 4 aliphatic heterocycles. The largest absolute Gasteiger partial charge is 0.311 e. The van der Waals surface area contributed by atoms with Crippen LogP contribution in [0.4, 0.5) is 34.1 Å². The molecule has 0 spiro atoms. The molecule has 7 aromatic carbocycles. The van der Waals surface area contributed by atoms with Gasteiger partial charge in [0, 0.05) is 33.9 Å². The monoisotopic (exact) mass is 640 g/mol. The smallest absolute Gasteiger partial charge is 0.252 e. The molecule has 0 aromatic heterocycles. The highest BCUT2D eigenvalue weighted by atomic mass is 28.3. The average molecular weight is 641 g/mol. The van der Waals surface area contributed by atoms with E-state index in [0.29, 0.717) is 0 Å². The van der Waals surface area contributed by atoms with E-state index in [4.69, 9.17) is 0 Å². The minimum absolute atomic E-state index is 0.119. The molecule has 0 fully saturated rings. The lowest BCUT2D eigenvalue weighted by Crippen LogP contribution is -2.79. The van der Waals surface area contributed by atoms with Crippen molar-refractivity contribution in [2.75, 3.05) is 9.80 Å². The zero-order chi connectivity index (χ0) is 32.5. The predicted molar refractivity (Wildman–Crippen MR) is 210 cm³/mol. The quantitative estimate of drug-likeness (QED) is 0.216. The lowest BCUT2D eigenvalue weighted by Gasteiger charge is -2.55. The summed E-state index contributed by atoms with van der Waals surface area (Å²) in [5.74, 6) is 0. The molecular formula is C45H33BN2Si. The summed E-state index contributed by atoms with van der Waals surface area (Å²) in [5, 5.41) is 5.84. The second kappa shape index (κ2) is 9.52. The van der Waals surface area contributed by atoms with E-state index in [0.717, 1.165) is 0 Å². The predicted octanol–water partition coefficient (Wildman–Crippen LogP) is 6.10. The van der Waals surface area contributed by atoms with Gasteiger partial charge in [-0.25, -0.2) is 0 Å². The van der Waals surface area contributed by atoms with Crippen LogP contribution >= 0.6 is 0 Å². The van der Waals surface area contributed by atoms with Crippen molar-refractivity contribution >= 4 is 86.0 Å². The van der Waals surface area contributed by atoms with Gasteiger partial charge in [-0.05, 0) is 72.5 Å².